The van der Waals surface area contributed by atoms with E-state index >= 15 is 0 Å². The summed E-state index contributed by atoms with van der Waals surface area (Å²) in [4.78, 5) is 13.0. The monoisotopic (exact) mass is 510 g/mol. The van der Waals surface area contributed by atoms with Crippen molar-refractivity contribution in [3.63, 3.8) is 0 Å². The molecule has 0 aliphatic heterocycles. The van der Waals surface area contributed by atoms with Gasteiger partial charge in [0.1, 0.15) is 0 Å². The predicted octanol–water partition coefficient (Wildman–Crippen LogP) is 7.97. The molecule has 0 saturated heterocycles. The van der Waals surface area contributed by atoms with Crippen LogP contribution in [0.15, 0.2) is 42.0 Å². The van der Waals surface area contributed by atoms with Crippen LogP contribution in [-0.4, -0.2) is 32.2 Å². The van der Waals surface area contributed by atoms with E-state index in [0.29, 0.717) is 22.2 Å². The van der Waals surface area contributed by atoms with Gasteiger partial charge < -0.3 is 9.16 Å². The Labute approximate surface area is 210 Å². The number of esters is 1. The Hall–Kier alpha value is -2.04. The van der Waals surface area contributed by atoms with E-state index in [1.54, 1.807) is 19.1 Å². The number of carbonyl (C=O) groups is 1. The van der Waals surface area contributed by atoms with Gasteiger partial charge in [0.2, 0.25) is 8.32 Å². The molecule has 1 rings (SSSR count). The summed E-state index contributed by atoms with van der Waals surface area (Å²) in [6.07, 6.45) is 1.26. The molecule has 0 N–H and O–H groups in total. The Kier molecular flexibility index (Phi) is 10.0. The van der Waals surface area contributed by atoms with Gasteiger partial charge in [0.25, 0.3) is 0 Å². The molecule has 0 aliphatic carbocycles. The Morgan fingerprint density at radius 3 is 1.80 bits per heavy atom. The summed E-state index contributed by atoms with van der Waals surface area (Å²) in [6, 6.07) is 7.00. The minimum atomic E-state index is -4.87. The van der Waals surface area contributed by atoms with Crippen molar-refractivity contribution < 1.29 is 27.1 Å². The summed E-state index contributed by atoms with van der Waals surface area (Å²) in [5.74, 6) is 0.895. The number of halogens is 3. The lowest BCUT2D eigenvalue weighted by molar-refractivity contribution is -0.206. The molecular formula is C28H41F3O3Si. The fourth-order valence-corrected chi connectivity index (χ4v) is 10.8. The zero-order valence-electron chi connectivity index (χ0n) is 22.7. The maximum atomic E-state index is 14.1. The van der Waals surface area contributed by atoms with Gasteiger partial charge in [-0.05, 0) is 55.5 Å². The van der Waals surface area contributed by atoms with Gasteiger partial charge in [0.05, 0.1) is 5.60 Å². The Morgan fingerprint density at radius 1 is 0.971 bits per heavy atom. The van der Waals surface area contributed by atoms with Crippen molar-refractivity contribution in [2.75, 3.05) is 0 Å². The summed E-state index contributed by atoms with van der Waals surface area (Å²) < 4.78 is 54.5. The average molecular weight is 511 g/mol. The topological polar surface area (TPSA) is 35.5 Å². The van der Waals surface area contributed by atoms with Crippen molar-refractivity contribution in [3.05, 3.63) is 47.5 Å². The third-order valence-electron chi connectivity index (χ3n) is 6.84. The molecular weight excluding hydrogens is 469 g/mol. The second-order valence-electron chi connectivity index (χ2n) is 10.9. The maximum Gasteiger partial charge on any atom is 0.408 e. The van der Waals surface area contributed by atoms with Crippen molar-refractivity contribution in [2.45, 2.75) is 109 Å². The van der Waals surface area contributed by atoms with Crippen LogP contribution in [0.1, 0.15) is 74.8 Å². The van der Waals surface area contributed by atoms with Gasteiger partial charge in [-0.1, -0.05) is 83.9 Å². The van der Waals surface area contributed by atoms with Gasteiger partial charge in [0, 0.05) is 0 Å². The highest BCUT2D eigenvalue weighted by molar-refractivity contribution is 6.77. The molecule has 0 spiro atoms. The molecule has 35 heavy (non-hydrogen) atoms. The zero-order chi connectivity index (χ0) is 27.4. The van der Waals surface area contributed by atoms with Gasteiger partial charge in [-0.25, -0.2) is 0 Å². The van der Waals surface area contributed by atoms with Crippen LogP contribution in [0.4, 0.5) is 13.2 Å². The van der Waals surface area contributed by atoms with E-state index in [-0.39, 0.29) is 5.56 Å². The Balaban J connectivity index is 3.34. The molecule has 196 valence electrons. The lowest BCUT2D eigenvalue weighted by Crippen LogP contribution is -2.52. The molecule has 0 bridgehead atoms. The molecule has 0 radical (unpaired) electrons. The highest BCUT2D eigenvalue weighted by Crippen LogP contribution is 2.45. The molecule has 0 fully saturated rings. The van der Waals surface area contributed by atoms with Gasteiger partial charge in [-0.3, -0.25) is 4.79 Å². The molecule has 1 aromatic carbocycles. The summed E-state index contributed by atoms with van der Waals surface area (Å²) in [5.41, 5.74) is -2.35. The first-order valence-corrected chi connectivity index (χ1v) is 14.2. The second kappa shape index (κ2) is 11.3. The quantitative estimate of drug-likeness (QED) is 0.139. The largest absolute Gasteiger partial charge is 0.444 e. The van der Waals surface area contributed by atoms with Crippen molar-refractivity contribution >= 4 is 14.3 Å². The number of benzene rings is 1. The Morgan fingerprint density at radius 2 is 1.43 bits per heavy atom. The minimum Gasteiger partial charge on any atom is -0.444 e. The Bertz CT molecular complexity index is 905. The lowest BCUT2D eigenvalue weighted by atomic mass is 9.81. The van der Waals surface area contributed by atoms with E-state index in [4.69, 9.17) is 15.6 Å². The second-order valence-corrected chi connectivity index (χ2v) is 16.2. The standard InChI is InChI=1S/C28H41F3O3Si/c1-12-24(33-25(32)27(11,28(29,30)31)23-16-14-13-15-17-23)22(8)18-26(9,10)34-35(19(2)3,20(4)5)21(6)7/h1,13-21,24H,2-11H3/b22-18+/t24-,27-/m0/s1. The van der Waals surface area contributed by atoms with Gasteiger partial charge in [0.15, 0.2) is 11.5 Å². The van der Waals surface area contributed by atoms with Crippen LogP contribution in [0.3, 0.4) is 0 Å². The van der Waals surface area contributed by atoms with E-state index in [9.17, 15) is 18.0 Å². The summed E-state index contributed by atoms with van der Waals surface area (Å²) in [5, 5.41) is 0. The zero-order valence-corrected chi connectivity index (χ0v) is 23.7. The van der Waals surface area contributed by atoms with Gasteiger partial charge >= 0.3 is 12.1 Å². The van der Waals surface area contributed by atoms with Crippen LogP contribution >= 0.6 is 0 Å². The van der Waals surface area contributed by atoms with Crippen LogP contribution < -0.4 is 0 Å². The third-order valence-corrected chi connectivity index (χ3v) is 13.1. The van der Waals surface area contributed by atoms with Crippen molar-refractivity contribution in [1.29, 1.82) is 0 Å². The van der Waals surface area contributed by atoms with Crippen molar-refractivity contribution in [3.8, 4) is 12.3 Å². The fraction of sp³-hybridized carbons (Fsp3) is 0.607. The molecule has 0 heterocycles. The molecule has 0 saturated carbocycles. The molecule has 0 amide bonds. The summed E-state index contributed by atoms with van der Waals surface area (Å²) in [7, 11) is -2.26. The first-order valence-electron chi connectivity index (χ1n) is 12.1. The highest BCUT2D eigenvalue weighted by atomic mass is 28.4. The summed E-state index contributed by atoms with van der Waals surface area (Å²) in [6.45, 7) is 19.3. The van der Waals surface area contributed by atoms with Gasteiger partial charge in [-0.15, -0.1) is 6.42 Å². The first kappa shape index (κ1) is 31.0. The number of alkyl halides is 3. The van der Waals surface area contributed by atoms with Crippen LogP contribution in [0, 0.1) is 12.3 Å². The van der Waals surface area contributed by atoms with Gasteiger partial charge in [-0.2, -0.15) is 13.2 Å². The lowest BCUT2D eigenvalue weighted by Gasteiger charge is -2.47. The van der Waals surface area contributed by atoms with Crippen molar-refractivity contribution in [1.82, 2.24) is 0 Å². The number of ether oxygens (including phenoxy) is 1. The van der Waals surface area contributed by atoms with E-state index < -0.39 is 37.6 Å². The van der Waals surface area contributed by atoms with E-state index in [0.717, 1.165) is 6.92 Å². The molecule has 3 nitrogen and oxygen atoms in total. The summed E-state index contributed by atoms with van der Waals surface area (Å²) >= 11 is 0. The highest BCUT2D eigenvalue weighted by Gasteiger charge is 2.59. The molecule has 1 aromatic rings. The normalized spacial score (nSPS) is 16.3. The minimum absolute atomic E-state index is 0.208. The van der Waals surface area contributed by atoms with Crippen LogP contribution in [0.5, 0.6) is 0 Å². The molecule has 0 aromatic heterocycles. The van der Waals surface area contributed by atoms with Crippen molar-refractivity contribution in [2.24, 2.45) is 0 Å². The number of carbonyl (C=O) groups excluding carboxylic acids is 1. The molecule has 2 atom stereocenters. The molecule has 0 aliphatic rings. The predicted molar refractivity (Wildman–Crippen MR) is 139 cm³/mol. The third kappa shape index (κ3) is 6.59. The molecule has 0 unspecified atom stereocenters. The van der Waals surface area contributed by atoms with E-state index in [1.807, 2.05) is 13.8 Å². The maximum absolute atomic E-state index is 14.1. The average Bonchev–Trinajstić information content (AvgIpc) is 2.73. The van der Waals surface area contributed by atoms with E-state index in [2.05, 4.69) is 47.5 Å². The van der Waals surface area contributed by atoms with Crippen LogP contribution in [-0.2, 0) is 19.4 Å². The smallest absolute Gasteiger partial charge is 0.408 e. The fourth-order valence-electron chi connectivity index (χ4n) is 5.11. The van der Waals surface area contributed by atoms with Crippen LogP contribution in [0.2, 0.25) is 16.6 Å². The SMILES string of the molecule is C#C[C@H](OC(=O)[C@](C)(c1ccccc1)C(F)(F)F)/C(C)=C/C(C)(C)O[Si](C(C)C)(C(C)C)C(C)C. The number of terminal acetylenes is 1. The van der Waals surface area contributed by atoms with Crippen LogP contribution in [0.25, 0.3) is 0 Å². The van der Waals surface area contributed by atoms with E-state index in [1.165, 1.54) is 24.3 Å². The first-order chi connectivity index (χ1) is 15.9. The number of hydrogen-bond acceptors (Lipinski definition) is 3. The molecule has 7 heteroatoms. The number of hydrogen-bond donors (Lipinski definition) is 0. The number of rotatable bonds is 10.